The molecule has 0 bridgehead atoms. The molecule has 2 aromatic rings. The van der Waals surface area contributed by atoms with Crippen molar-refractivity contribution < 1.29 is 0 Å². The van der Waals surface area contributed by atoms with Gasteiger partial charge in [-0.15, -0.1) is 0 Å². The molecular weight excluding hydrogens is 236 g/mol. The zero-order chi connectivity index (χ0) is 13.4. The number of piperidine rings is 1. The number of nitrogens with zero attached hydrogens (tertiary/aromatic N) is 4. The summed E-state index contributed by atoms with van der Waals surface area (Å²) in [5.41, 5.74) is 2.07. The Hall–Kier alpha value is -1.42. The van der Waals surface area contributed by atoms with Gasteiger partial charge in [-0.25, -0.2) is 9.97 Å². The van der Waals surface area contributed by atoms with Crippen LogP contribution in [0.3, 0.4) is 0 Å². The number of hydrogen-bond acceptors (Lipinski definition) is 3. The van der Waals surface area contributed by atoms with Gasteiger partial charge in [0.05, 0.1) is 0 Å². The molecule has 2 aromatic heterocycles. The molecule has 0 N–H and O–H groups in total. The summed E-state index contributed by atoms with van der Waals surface area (Å²) in [7, 11) is 2.20. The highest BCUT2D eigenvalue weighted by atomic mass is 15.2. The average Bonchev–Trinajstić information content (AvgIpc) is 2.78. The summed E-state index contributed by atoms with van der Waals surface area (Å²) in [5, 5.41) is 0. The number of rotatable bonds is 2. The molecule has 0 atom stereocenters. The molecule has 4 heteroatoms. The second kappa shape index (κ2) is 4.93. The normalized spacial score (nSPS) is 18.5. The zero-order valence-electron chi connectivity index (χ0n) is 12.0. The lowest BCUT2D eigenvalue weighted by molar-refractivity contribution is 0.248. The number of aromatic nitrogens is 3. The minimum absolute atomic E-state index is 0.412. The third-order valence-electron chi connectivity index (χ3n) is 4.08. The first-order valence-corrected chi connectivity index (χ1v) is 7.18. The first-order chi connectivity index (χ1) is 9.16. The number of likely N-dealkylation sites (tertiary alicyclic amines) is 1. The van der Waals surface area contributed by atoms with E-state index in [1.54, 1.807) is 0 Å². The highest BCUT2D eigenvalue weighted by molar-refractivity contribution is 5.71. The van der Waals surface area contributed by atoms with Crippen molar-refractivity contribution in [1.29, 1.82) is 0 Å². The molecule has 1 fully saturated rings. The van der Waals surface area contributed by atoms with E-state index in [9.17, 15) is 0 Å². The highest BCUT2D eigenvalue weighted by Gasteiger charge is 2.25. The molecule has 3 heterocycles. The molecule has 0 unspecified atom stereocenters. The number of imidazole rings is 1. The van der Waals surface area contributed by atoms with Crippen molar-refractivity contribution in [2.75, 3.05) is 20.1 Å². The van der Waals surface area contributed by atoms with Crippen molar-refractivity contribution in [2.45, 2.75) is 38.6 Å². The van der Waals surface area contributed by atoms with Crippen LogP contribution in [0.4, 0.5) is 0 Å². The van der Waals surface area contributed by atoms with Gasteiger partial charge in [-0.2, -0.15) is 0 Å². The molecule has 1 aliphatic heterocycles. The molecule has 0 amide bonds. The van der Waals surface area contributed by atoms with E-state index in [2.05, 4.69) is 41.4 Å². The second-order valence-electron chi connectivity index (χ2n) is 5.86. The van der Waals surface area contributed by atoms with Crippen LogP contribution in [0.15, 0.2) is 18.3 Å². The summed E-state index contributed by atoms with van der Waals surface area (Å²) in [6.07, 6.45) is 4.26. The van der Waals surface area contributed by atoms with Crippen LogP contribution in [-0.4, -0.2) is 39.6 Å². The first kappa shape index (κ1) is 12.6. The lowest BCUT2D eigenvalue weighted by Crippen LogP contribution is -2.30. The van der Waals surface area contributed by atoms with E-state index in [4.69, 9.17) is 4.98 Å². The van der Waals surface area contributed by atoms with E-state index < -0.39 is 0 Å². The molecule has 0 aromatic carbocycles. The quantitative estimate of drug-likeness (QED) is 0.830. The number of hydrogen-bond donors (Lipinski definition) is 0. The van der Waals surface area contributed by atoms with Crippen molar-refractivity contribution in [3.8, 4) is 0 Å². The van der Waals surface area contributed by atoms with Gasteiger partial charge in [0.2, 0.25) is 0 Å². The monoisotopic (exact) mass is 258 g/mol. The Balaban J connectivity index is 2.05. The largest absolute Gasteiger partial charge is 0.310 e. The molecule has 4 nitrogen and oxygen atoms in total. The molecule has 0 radical (unpaired) electrons. The fourth-order valence-corrected chi connectivity index (χ4v) is 3.01. The van der Waals surface area contributed by atoms with Crippen molar-refractivity contribution in [1.82, 2.24) is 19.4 Å². The van der Waals surface area contributed by atoms with E-state index in [1.807, 2.05) is 12.3 Å². The van der Waals surface area contributed by atoms with Crippen LogP contribution < -0.4 is 0 Å². The predicted octanol–water partition coefficient (Wildman–Crippen LogP) is 2.82. The Morgan fingerprint density at radius 3 is 2.68 bits per heavy atom. The van der Waals surface area contributed by atoms with Crippen LogP contribution in [0.1, 0.15) is 44.5 Å². The lowest BCUT2D eigenvalue weighted by atomic mass is 9.96. The van der Waals surface area contributed by atoms with E-state index in [0.717, 1.165) is 11.2 Å². The molecule has 1 saturated heterocycles. The molecule has 3 rings (SSSR count). The van der Waals surface area contributed by atoms with Crippen LogP contribution in [0, 0.1) is 0 Å². The van der Waals surface area contributed by atoms with Gasteiger partial charge in [-0.1, -0.05) is 0 Å². The highest BCUT2D eigenvalue weighted by Crippen LogP contribution is 2.31. The van der Waals surface area contributed by atoms with Crippen molar-refractivity contribution in [2.24, 2.45) is 0 Å². The lowest BCUT2D eigenvalue weighted by Gasteiger charge is -2.29. The van der Waals surface area contributed by atoms with E-state index >= 15 is 0 Å². The standard InChI is InChI=1S/C15H22N4/c1-11(2)19-14(12-6-9-18(3)10-7-12)17-13-5-4-8-16-15(13)19/h4-5,8,11-12H,6-7,9-10H2,1-3H3. The minimum atomic E-state index is 0.412. The fraction of sp³-hybridized carbons (Fsp3) is 0.600. The van der Waals surface area contributed by atoms with Gasteiger partial charge >= 0.3 is 0 Å². The van der Waals surface area contributed by atoms with Gasteiger partial charge in [0.1, 0.15) is 11.3 Å². The van der Waals surface area contributed by atoms with Gasteiger partial charge in [0.15, 0.2) is 5.65 Å². The Kier molecular flexibility index (Phi) is 3.27. The fourth-order valence-electron chi connectivity index (χ4n) is 3.01. The first-order valence-electron chi connectivity index (χ1n) is 7.18. The maximum Gasteiger partial charge on any atom is 0.160 e. The number of fused-ring (bicyclic) bond motifs is 1. The van der Waals surface area contributed by atoms with Crippen molar-refractivity contribution in [3.63, 3.8) is 0 Å². The van der Waals surface area contributed by atoms with E-state index in [-0.39, 0.29) is 0 Å². The topological polar surface area (TPSA) is 34.0 Å². The number of pyridine rings is 1. The molecule has 1 aliphatic rings. The van der Waals surface area contributed by atoms with Crippen LogP contribution in [-0.2, 0) is 0 Å². The third kappa shape index (κ3) is 2.25. The smallest absolute Gasteiger partial charge is 0.160 e. The maximum atomic E-state index is 4.86. The van der Waals surface area contributed by atoms with Gasteiger partial charge in [-0.05, 0) is 59.0 Å². The summed E-state index contributed by atoms with van der Waals surface area (Å²) in [4.78, 5) is 11.8. The summed E-state index contributed by atoms with van der Waals surface area (Å²) < 4.78 is 2.32. The Morgan fingerprint density at radius 1 is 1.26 bits per heavy atom. The second-order valence-corrected chi connectivity index (χ2v) is 5.86. The predicted molar refractivity (Wildman–Crippen MR) is 77.4 cm³/mol. The van der Waals surface area contributed by atoms with E-state index in [0.29, 0.717) is 12.0 Å². The summed E-state index contributed by atoms with van der Waals surface area (Å²) >= 11 is 0. The summed E-state index contributed by atoms with van der Waals surface area (Å²) in [5.74, 6) is 1.81. The van der Waals surface area contributed by atoms with E-state index in [1.165, 1.54) is 31.8 Å². The van der Waals surface area contributed by atoms with Gasteiger partial charge in [0.25, 0.3) is 0 Å². The third-order valence-corrected chi connectivity index (χ3v) is 4.08. The summed E-state index contributed by atoms with van der Waals surface area (Å²) in [6, 6.07) is 4.45. The Labute approximate surface area is 114 Å². The Morgan fingerprint density at radius 2 is 2.00 bits per heavy atom. The molecule has 0 spiro atoms. The molecule has 0 saturated carbocycles. The molecule has 0 aliphatic carbocycles. The van der Waals surface area contributed by atoms with Crippen LogP contribution >= 0.6 is 0 Å². The minimum Gasteiger partial charge on any atom is -0.310 e. The van der Waals surface area contributed by atoms with Crippen molar-refractivity contribution >= 4 is 11.2 Å². The van der Waals surface area contributed by atoms with Crippen LogP contribution in [0.5, 0.6) is 0 Å². The summed E-state index contributed by atoms with van der Waals surface area (Å²) in [6.45, 7) is 6.77. The molecule has 19 heavy (non-hydrogen) atoms. The van der Waals surface area contributed by atoms with Gasteiger partial charge in [-0.3, -0.25) is 0 Å². The van der Waals surface area contributed by atoms with Gasteiger partial charge < -0.3 is 9.47 Å². The zero-order valence-corrected chi connectivity index (χ0v) is 12.0. The SMILES string of the molecule is CC(C)n1c(C2CCN(C)CC2)nc2cccnc21. The van der Waals surface area contributed by atoms with Crippen LogP contribution in [0.25, 0.3) is 11.2 Å². The van der Waals surface area contributed by atoms with Gasteiger partial charge in [0, 0.05) is 18.2 Å². The van der Waals surface area contributed by atoms with Crippen molar-refractivity contribution in [3.05, 3.63) is 24.2 Å². The van der Waals surface area contributed by atoms with Crippen LogP contribution in [0.2, 0.25) is 0 Å². The Bertz CT molecular complexity index is 565. The molecule has 102 valence electrons. The molecular formula is C15H22N4. The maximum absolute atomic E-state index is 4.86. The average molecular weight is 258 g/mol.